The van der Waals surface area contributed by atoms with Gasteiger partial charge in [0.15, 0.2) is 0 Å². The summed E-state index contributed by atoms with van der Waals surface area (Å²) in [7, 11) is 0. The van der Waals surface area contributed by atoms with Crippen LogP contribution < -0.4 is 5.32 Å². The van der Waals surface area contributed by atoms with Gasteiger partial charge in [0.1, 0.15) is 0 Å². The molecular formula is C29H23ClN4OS. The maximum absolute atomic E-state index is 12.9. The van der Waals surface area contributed by atoms with E-state index >= 15 is 0 Å². The Morgan fingerprint density at radius 2 is 1.86 bits per heavy atom. The van der Waals surface area contributed by atoms with E-state index in [0.29, 0.717) is 17.1 Å². The van der Waals surface area contributed by atoms with Crippen LogP contribution in [0.15, 0.2) is 101 Å². The fourth-order valence-corrected chi connectivity index (χ4v) is 5.02. The molecule has 0 radical (unpaired) electrons. The molecule has 0 saturated heterocycles. The smallest absolute Gasteiger partial charge is 0.252 e. The summed E-state index contributed by atoms with van der Waals surface area (Å²) in [4.78, 5) is 19.2. The lowest BCUT2D eigenvalue weighted by atomic mass is 10.1. The number of carbonyl (C=O) groups excluding carboxylic acids is 1. The summed E-state index contributed by atoms with van der Waals surface area (Å²) in [6.07, 6.45) is 6.38. The molecule has 2 aromatic heterocycles. The number of pyridine rings is 1. The van der Waals surface area contributed by atoms with Gasteiger partial charge in [-0.25, -0.2) is 0 Å². The lowest BCUT2D eigenvalue weighted by Crippen LogP contribution is -2.26. The molecule has 3 aromatic carbocycles. The minimum atomic E-state index is -0.0929. The third-order valence-electron chi connectivity index (χ3n) is 5.61. The normalized spacial score (nSPS) is 11.2. The van der Waals surface area contributed by atoms with Crippen LogP contribution in [-0.2, 0) is 6.42 Å². The number of H-pyrrole nitrogens is 1. The average molecular weight is 511 g/mol. The van der Waals surface area contributed by atoms with Crippen molar-refractivity contribution in [1.82, 2.24) is 20.5 Å². The Balaban J connectivity index is 1.27. The van der Waals surface area contributed by atoms with Crippen LogP contribution in [0.25, 0.3) is 23.1 Å². The number of carbonyl (C=O) groups is 1. The van der Waals surface area contributed by atoms with Crippen molar-refractivity contribution >= 4 is 52.3 Å². The van der Waals surface area contributed by atoms with Gasteiger partial charge in [0.2, 0.25) is 0 Å². The Hall–Kier alpha value is -3.87. The maximum atomic E-state index is 12.9. The number of rotatable bonds is 8. The number of halogens is 1. The van der Waals surface area contributed by atoms with Crippen LogP contribution in [0.3, 0.4) is 0 Å². The minimum absolute atomic E-state index is 0.0929. The number of benzene rings is 3. The fraction of sp³-hybridized carbons (Fsp3) is 0.0690. The van der Waals surface area contributed by atoms with Gasteiger partial charge in [-0.3, -0.25) is 14.9 Å². The van der Waals surface area contributed by atoms with Crippen LogP contribution in [0, 0.1) is 0 Å². The number of nitrogens with zero attached hydrogens (tertiary/aromatic N) is 2. The van der Waals surface area contributed by atoms with Crippen LogP contribution in [0.1, 0.15) is 27.3 Å². The molecule has 0 fully saturated rings. The molecule has 0 unspecified atom stereocenters. The van der Waals surface area contributed by atoms with Crippen LogP contribution in [0.5, 0.6) is 0 Å². The zero-order valence-electron chi connectivity index (χ0n) is 19.3. The van der Waals surface area contributed by atoms with Gasteiger partial charge in [-0.1, -0.05) is 53.7 Å². The molecular weight excluding hydrogens is 488 g/mol. The SMILES string of the molecule is O=C(NCCc1cccc(Cl)c1)c1ccccc1Sc1ccc2c(/C=C/c3ccccn3)n[nH]c2c1. The summed E-state index contributed by atoms with van der Waals surface area (Å²) in [5.41, 5.74) is 4.41. The number of aromatic nitrogens is 3. The van der Waals surface area contributed by atoms with Crippen molar-refractivity contribution in [3.05, 3.63) is 119 Å². The van der Waals surface area contributed by atoms with Gasteiger partial charge in [0.25, 0.3) is 5.91 Å². The molecule has 5 aromatic rings. The molecule has 0 atom stereocenters. The van der Waals surface area contributed by atoms with E-state index < -0.39 is 0 Å². The zero-order valence-corrected chi connectivity index (χ0v) is 20.9. The summed E-state index contributed by atoms with van der Waals surface area (Å²) in [6.45, 7) is 0.535. The molecule has 36 heavy (non-hydrogen) atoms. The lowest BCUT2D eigenvalue weighted by Gasteiger charge is -2.10. The topological polar surface area (TPSA) is 70.7 Å². The first-order valence-corrected chi connectivity index (χ1v) is 12.7. The Morgan fingerprint density at radius 3 is 2.72 bits per heavy atom. The number of amides is 1. The summed E-state index contributed by atoms with van der Waals surface area (Å²) in [5.74, 6) is -0.0929. The lowest BCUT2D eigenvalue weighted by molar-refractivity contribution is 0.0951. The van der Waals surface area contributed by atoms with Gasteiger partial charge in [0, 0.05) is 32.9 Å². The molecule has 178 valence electrons. The van der Waals surface area contributed by atoms with Gasteiger partial charge >= 0.3 is 0 Å². The Morgan fingerprint density at radius 1 is 0.972 bits per heavy atom. The molecule has 0 spiro atoms. The van der Waals surface area contributed by atoms with E-state index in [1.165, 1.54) is 0 Å². The molecule has 0 aliphatic carbocycles. The van der Waals surface area contributed by atoms with Crippen molar-refractivity contribution in [3.63, 3.8) is 0 Å². The van der Waals surface area contributed by atoms with Crippen LogP contribution in [-0.4, -0.2) is 27.6 Å². The highest BCUT2D eigenvalue weighted by Gasteiger charge is 2.13. The van der Waals surface area contributed by atoms with Gasteiger partial charge in [-0.2, -0.15) is 5.10 Å². The van der Waals surface area contributed by atoms with Gasteiger partial charge in [-0.15, -0.1) is 0 Å². The van der Waals surface area contributed by atoms with E-state index in [2.05, 4.69) is 32.6 Å². The summed E-state index contributed by atoms with van der Waals surface area (Å²) < 4.78 is 0. The van der Waals surface area contributed by atoms with Crippen LogP contribution >= 0.6 is 23.4 Å². The third kappa shape index (κ3) is 5.85. The number of hydrogen-bond donors (Lipinski definition) is 2. The first-order chi connectivity index (χ1) is 17.7. The highest BCUT2D eigenvalue weighted by molar-refractivity contribution is 7.99. The van der Waals surface area contributed by atoms with Crippen molar-refractivity contribution < 1.29 is 4.79 Å². The maximum Gasteiger partial charge on any atom is 0.252 e. The predicted octanol–water partition coefficient (Wildman–Crippen LogP) is 6.91. The second-order valence-corrected chi connectivity index (χ2v) is 9.69. The molecule has 5 rings (SSSR count). The van der Waals surface area contributed by atoms with Crippen LogP contribution in [0.4, 0.5) is 0 Å². The second-order valence-electron chi connectivity index (χ2n) is 8.14. The molecule has 0 saturated carbocycles. The van der Waals surface area contributed by atoms with E-state index in [-0.39, 0.29) is 5.91 Å². The van der Waals surface area contributed by atoms with Gasteiger partial charge in [-0.05, 0) is 78.7 Å². The predicted molar refractivity (Wildman–Crippen MR) is 147 cm³/mol. The largest absolute Gasteiger partial charge is 0.352 e. The van der Waals surface area contributed by atoms with E-state index in [4.69, 9.17) is 11.6 Å². The summed E-state index contributed by atoms with van der Waals surface area (Å²) in [5, 5.41) is 12.3. The Kier molecular flexibility index (Phi) is 7.45. The summed E-state index contributed by atoms with van der Waals surface area (Å²) in [6, 6.07) is 27.3. The van der Waals surface area contributed by atoms with Crippen molar-refractivity contribution in [1.29, 1.82) is 0 Å². The summed E-state index contributed by atoms with van der Waals surface area (Å²) >= 11 is 7.61. The number of hydrogen-bond acceptors (Lipinski definition) is 4. The highest BCUT2D eigenvalue weighted by atomic mass is 35.5. The van der Waals surface area contributed by atoms with Gasteiger partial charge in [0.05, 0.1) is 22.5 Å². The van der Waals surface area contributed by atoms with Crippen molar-refractivity contribution in [2.45, 2.75) is 16.2 Å². The molecule has 1 amide bonds. The molecule has 0 bridgehead atoms. The standard InChI is InChI=1S/C29H23ClN4OS/c30-21-7-5-6-20(18-21)15-17-32-29(35)25-9-1-2-10-28(25)36-23-12-13-24-26(33-34-27(24)19-23)14-11-22-8-3-4-16-31-22/h1-14,16,18-19H,15,17H2,(H,32,35)(H,33,34)/b14-11+. The molecule has 2 heterocycles. The highest BCUT2D eigenvalue weighted by Crippen LogP contribution is 2.33. The minimum Gasteiger partial charge on any atom is -0.352 e. The number of nitrogens with one attached hydrogen (secondary N) is 2. The van der Waals surface area contributed by atoms with Gasteiger partial charge < -0.3 is 5.32 Å². The quantitative estimate of drug-likeness (QED) is 0.238. The van der Waals surface area contributed by atoms with E-state index in [1.54, 1.807) is 18.0 Å². The molecule has 0 aliphatic heterocycles. The van der Waals surface area contributed by atoms with E-state index in [0.717, 1.165) is 44.1 Å². The molecule has 5 nitrogen and oxygen atoms in total. The van der Waals surface area contributed by atoms with Crippen molar-refractivity contribution in [2.24, 2.45) is 0 Å². The molecule has 2 N–H and O–H groups in total. The fourth-order valence-electron chi connectivity index (χ4n) is 3.83. The number of fused-ring (bicyclic) bond motifs is 1. The van der Waals surface area contributed by atoms with E-state index in [9.17, 15) is 4.79 Å². The Labute approximate surface area is 218 Å². The monoisotopic (exact) mass is 510 g/mol. The zero-order chi connectivity index (χ0) is 24.7. The first-order valence-electron chi connectivity index (χ1n) is 11.5. The van der Waals surface area contributed by atoms with E-state index in [1.807, 2.05) is 84.9 Å². The van der Waals surface area contributed by atoms with Crippen LogP contribution in [0.2, 0.25) is 5.02 Å². The molecule has 0 aliphatic rings. The molecule has 7 heteroatoms. The second kappa shape index (κ2) is 11.2. The third-order valence-corrected chi connectivity index (χ3v) is 6.91. The van der Waals surface area contributed by atoms with Crippen molar-refractivity contribution in [2.75, 3.05) is 6.54 Å². The average Bonchev–Trinajstić information content (AvgIpc) is 3.30. The number of aromatic amines is 1. The van der Waals surface area contributed by atoms with Crippen molar-refractivity contribution in [3.8, 4) is 0 Å². The Bertz CT molecular complexity index is 1530. The first kappa shape index (κ1) is 23.9.